The molecule has 2 aromatic carbocycles. The molecule has 0 saturated carbocycles. The van der Waals surface area contributed by atoms with Gasteiger partial charge in [0.25, 0.3) is 5.91 Å². The van der Waals surface area contributed by atoms with E-state index >= 15 is 0 Å². The molecule has 0 aliphatic carbocycles. The standard InChI is InChI=1S/C15H13BrF2NO4P/c16-13-8-10(6-7-12(13)15(17,18)24(21,22)23)9-19-14(20)11-4-2-1-3-5-11/h1-8H,9H2,(H,19,20)(H2,21,22,23). The molecule has 9 heteroatoms. The molecule has 0 unspecified atom stereocenters. The molecule has 0 spiro atoms. The minimum Gasteiger partial charge on any atom is -0.348 e. The van der Waals surface area contributed by atoms with E-state index in [1.54, 1.807) is 30.3 Å². The second-order valence-corrected chi connectivity index (χ2v) is 7.45. The van der Waals surface area contributed by atoms with Crippen LogP contribution in [0.2, 0.25) is 0 Å². The monoisotopic (exact) mass is 419 g/mol. The van der Waals surface area contributed by atoms with Gasteiger partial charge in [-0.15, -0.1) is 0 Å². The minimum atomic E-state index is -5.64. The molecule has 0 atom stereocenters. The summed E-state index contributed by atoms with van der Waals surface area (Å²) in [5, 5.41) is 2.63. The molecule has 2 aromatic rings. The Morgan fingerprint density at radius 2 is 1.79 bits per heavy atom. The molecule has 0 aliphatic heterocycles. The van der Waals surface area contributed by atoms with Crippen molar-refractivity contribution in [1.82, 2.24) is 5.32 Å². The predicted molar refractivity (Wildman–Crippen MR) is 87.7 cm³/mol. The van der Waals surface area contributed by atoms with E-state index in [0.717, 1.165) is 6.07 Å². The summed E-state index contributed by atoms with van der Waals surface area (Å²) in [7, 11) is -5.64. The Hall–Kier alpha value is -1.60. The molecular weight excluding hydrogens is 407 g/mol. The molecule has 0 aliphatic rings. The van der Waals surface area contributed by atoms with Crippen LogP contribution in [-0.2, 0) is 16.8 Å². The van der Waals surface area contributed by atoms with Crippen LogP contribution in [0.5, 0.6) is 0 Å². The maximum Gasteiger partial charge on any atom is 0.399 e. The third-order valence-corrected chi connectivity index (χ3v) is 4.84. The summed E-state index contributed by atoms with van der Waals surface area (Å²) < 4.78 is 38.2. The van der Waals surface area contributed by atoms with Gasteiger partial charge in [-0.1, -0.05) is 46.3 Å². The highest BCUT2D eigenvalue weighted by Crippen LogP contribution is 2.60. The van der Waals surface area contributed by atoms with Crippen molar-refractivity contribution in [1.29, 1.82) is 0 Å². The van der Waals surface area contributed by atoms with Crippen LogP contribution >= 0.6 is 23.5 Å². The van der Waals surface area contributed by atoms with Crippen molar-refractivity contribution in [2.45, 2.75) is 12.2 Å². The lowest BCUT2D eigenvalue weighted by Gasteiger charge is -2.19. The van der Waals surface area contributed by atoms with Crippen molar-refractivity contribution < 1.29 is 27.9 Å². The number of rotatable bonds is 5. The van der Waals surface area contributed by atoms with Crippen LogP contribution < -0.4 is 5.32 Å². The van der Waals surface area contributed by atoms with Crippen molar-refractivity contribution in [3.05, 3.63) is 69.7 Å². The molecule has 3 N–H and O–H groups in total. The highest BCUT2D eigenvalue weighted by Gasteiger charge is 2.51. The first-order valence-corrected chi connectivity index (χ1v) is 9.09. The number of carbonyl (C=O) groups is 1. The summed E-state index contributed by atoms with van der Waals surface area (Å²) in [6, 6.07) is 11.9. The van der Waals surface area contributed by atoms with Crippen LogP contribution in [0, 0.1) is 0 Å². The van der Waals surface area contributed by atoms with Crippen LogP contribution in [0.25, 0.3) is 0 Å². The summed E-state index contributed by atoms with van der Waals surface area (Å²) in [5.74, 6) is -0.323. The molecular formula is C15H13BrF2NO4P. The molecule has 128 valence electrons. The fourth-order valence-electron chi connectivity index (χ4n) is 1.94. The van der Waals surface area contributed by atoms with E-state index in [0.29, 0.717) is 11.1 Å². The molecule has 0 saturated heterocycles. The number of carbonyl (C=O) groups excluding carboxylic acids is 1. The molecule has 5 nitrogen and oxygen atoms in total. The minimum absolute atomic E-state index is 0.0775. The third kappa shape index (κ3) is 4.08. The van der Waals surface area contributed by atoms with E-state index in [1.165, 1.54) is 12.1 Å². The van der Waals surface area contributed by atoms with Crippen molar-refractivity contribution in [2.24, 2.45) is 0 Å². The highest BCUT2D eigenvalue weighted by molar-refractivity contribution is 9.10. The second-order valence-electron chi connectivity index (χ2n) is 4.95. The summed E-state index contributed by atoms with van der Waals surface area (Å²) in [6.45, 7) is 0.0775. The number of nitrogens with one attached hydrogen (secondary N) is 1. The van der Waals surface area contributed by atoms with E-state index in [4.69, 9.17) is 9.79 Å². The number of amides is 1. The Bertz CT molecular complexity index is 795. The van der Waals surface area contributed by atoms with E-state index < -0.39 is 18.8 Å². The SMILES string of the molecule is O=C(NCc1ccc(C(F)(F)P(=O)(O)O)c(Br)c1)c1ccccc1. The maximum absolute atomic E-state index is 13.7. The maximum atomic E-state index is 13.7. The summed E-state index contributed by atoms with van der Waals surface area (Å²) in [5.41, 5.74) is -4.15. The zero-order valence-electron chi connectivity index (χ0n) is 12.1. The molecule has 2 rings (SSSR count). The average Bonchev–Trinajstić information content (AvgIpc) is 2.52. The fraction of sp³-hybridized carbons (Fsp3) is 0.133. The lowest BCUT2D eigenvalue weighted by molar-refractivity contribution is 0.0557. The van der Waals surface area contributed by atoms with Crippen molar-refractivity contribution >= 4 is 29.4 Å². The number of halogens is 3. The van der Waals surface area contributed by atoms with Crippen LogP contribution in [-0.4, -0.2) is 15.7 Å². The molecule has 0 aromatic heterocycles. The lowest BCUT2D eigenvalue weighted by atomic mass is 10.1. The van der Waals surface area contributed by atoms with Gasteiger partial charge in [-0.05, 0) is 23.8 Å². The van der Waals surface area contributed by atoms with Crippen LogP contribution in [0.4, 0.5) is 8.78 Å². The van der Waals surface area contributed by atoms with Gasteiger partial charge in [-0.2, -0.15) is 8.78 Å². The van der Waals surface area contributed by atoms with E-state index in [2.05, 4.69) is 21.2 Å². The Kier molecular flexibility index (Phi) is 5.55. The van der Waals surface area contributed by atoms with Gasteiger partial charge >= 0.3 is 13.3 Å². The van der Waals surface area contributed by atoms with Crippen molar-refractivity contribution in [3.63, 3.8) is 0 Å². The Morgan fingerprint density at radius 1 is 1.17 bits per heavy atom. The van der Waals surface area contributed by atoms with Crippen LogP contribution in [0.1, 0.15) is 21.5 Å². The third-order valence-electron chi connectivity index (χ3n) is 3.21. The van der Waals surface area contributed by atoms with Crippen molar-refractivity contribution in [3.8, 4) is 0 Å². The van der Waals surface area contributed by atoms with Gasteiger partial charge in [-0.3, -0.25) is 9.36 Å². The van der Waals surface area contributed by atoms with E-state index in [1.807, 2.05) is 0 Å². The van der Waals surface area contributed by atoms with E-state index in [-0.39, 0.29) is 16.9 Å². The lowest BCUT2D eigenvalue weighted by Crippen LogP contribution is -2.23. The van der Waals surface area contributed by atoms with Gasteiger partial charge in [-0.25, -0.2) is 0 Å². The van der Waals surface area contributed by atoms with Crippen LogP contribution in [0.15, 0.2) is 53.0 Å². The number of hydrogen-bond acceptors (Lipinski definition) is 2. The predicted octanol–water partition coefficient (Wildman–Crippen LogP) is 3.61. The van der Waals surface area contributed by atoms with E-state index in [9.17, 15) is 18.1 Å². The summed E-state index contributed by atoms with van der Waals surface area (Å²) in [6.07, 6.45) is 0. The zero-order valence-corrected chi connectivity index (χ0v) is 14.6. The van der Waals surface area contributed by atoms with Gasteiger partial charge in [0.15, 0.2) is 0 Å². The summed E-state index contributed by atoms with van der Waals surface area (Å²) in [4.78, 5) is 29.5. The largest absolute Gasteiger partial charge is 0.399 e. The summed E-state index contributed by atoms with van der Waals surface area (Å²) >= 11 is 2.89. The molecule has 24 heavy (non-hydrogen) atoms. The Labute approximate surface area is 145 Å². The topological polar surface area (TPSA) is 86.6 Å². The first kappa shape index (κ1) is 18.7. The zero-order chi connectivity index (χ0) is 18.0. The first-order valence-electron chi connectivity index (χ1n) is 6.68. The molecule has 0 fully saturated rings. The molecule has 1 amide bonds. The number of benzene rings is 2. The number of hydrogen-bond donors (Lipinski definition) is 3. The Balaban J connectivity index is 2.13. The van der Waals surface area contributed by atoms with Gasteiger partial charge in [0.05, 0.1) is 0 Å². The van der Waals surface area contributed by atoms with Gasteiger partial charge in [0, 0.05) is 22.1 Å². The smallest absolute Gasteiger partial charge is 0.348 e. The molecule has 0 heterocycles. The quantitative estimate of drug-likeness (QED) is 0.646. The van der Waals surface area contributed by atoms with Gasteiger partial charge in [0.1, 0.15) is 0 Å². The second kappa shape index (κ2) is 7.11. The molecule has 0 radical (unpaired) electrons. The first-order chi connectivity index (χ1) is 11.1. The normalized spacial score (nSPS) is 12.0. The fourth-order valence-corrected chi connectivity index (χ4v) is 3.28. The van der Waals surface area contributed by atoms with Crippen LogP contribution in [0.3, 0.4) is 0 Å². The average molecular weight is 420 g/mol. The Morgan fingerprint density at radius 3 is 2.33 bits per heavy atom. The van der Waals surface area contributed by atoms with Gasteiger partial charge in [0.2, 0.25) is 0 Å². The van der Waals surface area contributed by atoms with Gasteiger partial charge < -0.3 is 15.1 Å². The highest BCUT2D eigenvalue weighted by atomic mass is 79.9. The van der Waals surface area contributed by atoms with Crippen molar-refractivity contribution in [2.75, 3.05) is 0 Å². The molecule has 0 bridgehead atoms. The number of alkyl halides is 2.